The number of ether oxygens (including phenoxy) is 1. The van der Waals surface area contributed by atoms with Crippen molar-refractivity contribution in [3.05, 3.63) is 58.9 Å². The van der Waals surface area contributed by atoms with Crippen molar-refractivity contribution < 1.29 is 4.74 Å². The normalized spacial score (nSPS) is 19.2. The maximum Gasteiger partial charge on any atom is 0.0662 e. The van der Waals surface area contributed by atoms with Crippen molar-refractivity contribution in [2.45, 2.75) is 26.4 Å². The first kappa shape index (κ1) is 13.4. The number of nitrogens with one attached hydrogen (secondary N) is 1. The van der Waals surface area contributed by atoms with E-state index in [1.54, 1.807) is 0 Å². The van der Waals surface area contributed by atoms with Gasteiger partial charge in [-0.15, -0.1) is 0 Å². The third-order valence-electron chi connectivity index (χ3n) is 4.09. The van der Waals surface area contributed by atoms with Gasteiger partial charge in [0.2, 0.25) is 0 Å². The zero-order valence-electron chi connectivity index (χ0n) is 12.2. The van der Waals surface area contributed by atoms with Crippen LogP contribution in [0.3, 0.4) is 0 Å². The molecule has 1 N–H and O–H groups in total. The number of hydrogen-bond donors (Lipinski definition) is 1. The second-order valence-electron chi connectivity index (χ2n) is 5.48. The fourth-order valence-electron chi connectivity index (χ4n) is 2.95. The van der Waals surface area contributed by atoms with Crippen LogP contribution < -0.4 is 5.32 Å². The minimum absolute atomic E-state index is 0.333. The summed E-state index contributed by atoms with van der Waals surface area (Å²) in [5.41, 5.74) is 5.37. The molecule has 3 nitrogen and oxygen atoms in total. The fourth-order valence-corrected chi connectivity index (χ4v) is 2.95. The van der Waals surface area contributed by atoms with Gasteiger partial charge in [0, 0.05) is 24.5 Å². The SMILES string of the molecule is Cc1cc(C2COCCN2)c(C)n1Cc1ccccc1. The number of nitrogens with zero attached hydrogens (tertiary/aromatic N) is 1. The summed E-state index contributed by atoms with van der Waals surface area (Å²) in [4.78, 5) is 0. The molecule has 3 rings (SSSR count). The Morgan fingerprint density at radius 3 is 2.75 bits per heavy atom. The van der Waals surface area contributed by atoms with Crippen LogP contribution in [0.5, 0.6) is 0 Å². The van der Waals surface area contributed by atoms with Crippen molar-refractivity contribution in [2.24, 2.45) is 0 Å². The van der Waals surface area contributed by atoms with E-state index in [1.165, 1.54) is 22.5 Å². The number of rotatable bonds is 3. The summed E-state index contributed by atoms with van der Waals surface area (Å²) in [6.45, 7) is 7.86. The van der Waals surface area contributed by atoms with Gasteiger partial charge < -0.3 is 14.6 Å². The van der Waals surface area contributed by atoms with Gasteiger partial charge >= 0.3 is 0 Å². The molecule has 1 fully saturated rings. The lowest BCUT2D eigenvalue weighted by atomic mass is 10.1. The summed E-state index contributed by atoms with van der Waals surface area (Å²) in [6, 6.07) is 13.3. The van der Waals surface area contributed by atoms with E-state index in [0.29, 0.717) is 6.04 Å². The highest BCUT2D eigenvalue weighted by atomic mass is 16.5. The highest BCUT2D eigenvalue weighted by Crippen LogP contribution is 2.24. The summed E-state index contributed by atoms with van der Waals surface area (Å²) in [5, 5.41) is 3.54. The number of aryl methyl sites for hydroxylation is 1. The lowest BCUT2D eigenvalue weighted by Gasteiger charge is -2.24. The van der Waals surface area contributed by atoms with Crippen molar-refractivity contribution in [1.29, 1.82) is 0 Å². The van der Waals surface area contributed by atoms with Gasteiger partial charge in [-0.2, -0.15) is 0 Å². The Bertz CT molecular complexity index is 568. The first-order valence-corrected chi connectivity index (χ1v) is 7.27. The van der Waals surface area contributed by atoms with Gasteiger partial charge in [-0.25, -0.2) is 0 Å². The van der Waals surface area contributed by atoms with E-state index >= 15 is 0 Å². The zero-order chi connectivity index (χ0) is 13.9. The number of aromatic nitrogens is 1. The molecule has 106 valence electrons. The van der Waals surface area contributed by atoms with E-state index in [2.05, 4.69) is 60.1 Å². The zero-order valence-corrected chi connectivity index (χ0v) is 12.2. The van der Waals surface area contributed by atoms with Crippen LogP contribution in [0.2, 0.25) is 0 Å². The van der Waals surface area contributed by atoms with Crippen LogP contribution in [0.4, 0.5) is 0 Å². The summed E-state index contributed by atoms with van der Waals surface area (Å²) >= 11 is 0. The molecular formula is C17H22N2O. The summed E-state index contributed by atoms with van der Waals surface area (Å²) in [7, 11) is 0. The average Bonchev–Trinajstić information content (AvgIpc) is 2.77. The first-order chi connectivity index (χ1) is 9.75. The van der Waals surface area contributed by atoms with Crippen molar-refractivity contribution >= 4 is 0 Å². The number of benzene rings is 1. The molecule has 0 amide bonds. The highest BCUT2D eigenvalue weighted by Gasteiger charge is 2.20. The van der Waals surface area contributed by atoms with Crippen LogP contribution in [0.15, 0.2) is 36.4 Å². The van der Waals surface area contributed by atoms with Crippen LogP contribution in [0, 0.1) is 13.8 Å². The summed E-state index contributed by atoms with van der Waals surface area (Å²) < 4.78 is 7.98. The van der Waals surface area contributed by atoms with E-state index in [-0.39, 0.29) is 0 Å². The molecule has 0 bridgehead atoms. The van der Waals surface area contributed by atoms with Crippen molar-refractivity contribution in [1.82, 2.24) is 9.88 Å². The van der Waals surface area contributed by atoms with Gasteiger partial charge in [0.1, 0.15) is 0 Å². The van der Waals surface area contributed by atoms with Gasteiger partial charge in [0.25, 0.3) is 0 Å². The molecule has 1 saturated heterocycles. The smallest absolute Gasteiger partial charge is 0.0662 e. The standard InChI is InChI=1S/C17H22N2O/c1-13-10-16(17-12-20-9-8-18-17)14(2)19(13)11-15-6-4-3-5-7-15/h3-7,10,17-18H,8-9,11-12H2,1-2H3. The van der Waals surface area contributed by atoms with Crippen LogP contribution in [-0.4, -0.2) is 24.3 Å². The van der Waals surface area contributed by atoms with Crippen LogP contribution in [-0.2, 0) is 11.3 Å². The first-order valence-electron chi connectivity index (χ1n) is 7.27. The molecule has 1 aliphatic rings. The van der Waals surface area contributed by atoms with Crippen molar-refractivity contribution in [3.63, 3.8) is 0 Å². The third kappa shape index (κ3) is 2.65. The van der Waals surface area contributed by atoms with E-state index in [4.69, 9.17) is 4.74 Å². The Hall–Kier alpha value is -1.58. The Balaban J connectivity index is 1.86. The Kier molecular flexibility index (Phi) is 3.90. The number of hydrogen-bond acceptors (Lipinski definition) is 2. The van der Waals surface area contributed by atoms with E-state index in [1.807, 2.05) is 0 Å². The molecule has 0 radical (unpaired) electrons. The molecule has 2 heterocycles. The topological polar surface area (TPSA) is 26.2 Å². The van der Waals surface area contributed by atoms with E-state index < -0.39 is 0 Å². The maximum absolute atomic E-state index is 5.59. The van der Waals surface area contributed by atoms with Crippen LogP contribution >= 0.6 is 0 Å². The fraction of sp³-hybridized carbons (Fsp3) is 0.412. The molecule has 1 aliphatic heterocycles. The van der Waals surface area contributed by atoms with Crippen molar-refractivity contribution in [3.8, 4) is 0 Å². The van der Waals surface area contributed by atoms with Crippen molar-refractivity contribution in [2.75, 3.05) is 19.8 Å². The van der Waals surface area contributed by atoms with Gasteiger partial charge in [-0.05, 0) is 31.0 Å². The predicted octanol–water partition coefficient (Wildman–Crippen LogP) is 2.81. The molecule has 2 aromatic rings. The summed E-state index contributed by atoms with van der Waals surface area (Å²) in [6.07, 6.45) is 0. The monoisotopic (exact) mass is 270 g/mol. The molecule has 1 unspecified atom stereocenters. The van der Waals surface area contributed by atoms with Gasteiger partial charge in [0.05, 0.1) is 19.3 Å². The second-order valence-corrected chi connectivity index (χ2v) is 5.48. The third-order valence-corrected chi connectivity index (χ3v) is 4.09. The molecule has 0 aliphatic carbocycles. The van der Waals surface area contributed by atoms with Gasteiger partial charge in [-0.3, -0.25) is 0 Å². The molecule has 1 atom stereocenters. The predicted molar refractivity (Wildman–Crippen MR) is 81.0 cm³/mol. The summed E-state index contributed by atoms with van der Waals surface area (Å²) in [5.74, 6) is 0. The molecule has 0 spiro atoms. The highest BCUT2D eigenvalue weighted by molar-refractivity contribution is 5.31. The Morgan fingerprint density at radius 1 is 1.25 bits per heavy atom. The van der Waals surface area contributed by atoms with Crippen LogP contribution in [0.1, 0.15) is 28.6 Å². The quantitative estimate of drug-likeness (QED) is 0.928. The Labute approximate surface area is 120 Å². The number of morpholine rings is 1. The largest absolute Gasteiger partial charge is 0.378 e. The Morgan fingerprint density at radius 2 is 2.05 bits per heavy atom. The molecular weight excluding hydrogens is 248 g/mol. The molecule has 20 heavy (non-hydrogen) atoms. The second kappa shape index (κ2) is 5.81. The molecule has 0 saturated carbocycles. The van der Waals surface area contributed by atoms with Gasteiger partial charge in [-0.1, -0.05) is 30.3 Å². The van der Waals surface area contributed by atoms with Crippen LogP contribution in [0.25, 0.3) is 0 Å². The molecule has 1 aromatic heterocycles. The van der Waals surface area contributed by atoms with E-state index in [0.717, 1.165) is 26.3 Å². The lowest BCUT2D eigenvalue weighted by Crippen LogP contribution is -2.34. The maximum atomic E-state index is 5.59. The minimum atomic E-state index is 0.333. The molecule has 1 aromatic carbocycles. The minimum Gasteiger partial charge on any atom is -0.378 e. The van der Waals surface area contributed by atoms with E-state index in [9.17, 15) is 0 Å². The lowest BCUT2D eigenvalue weighted by molar-refractivity contribution is 0.0766. The van der Waals surface area contributed by atoms with Gasteiger partial charge in [0.15, 0.2) is 0 Å². The average molecular weight is 270 g/mol. The molecule has 3 heteroatoms.